The first kappa shape index (κ1) is 15.0. The molecular formula is C13H21NO3S. The quantitative estimate of drug-likeness (QED) is 0.743. The molecule has 1 aromatic rings. The van der Waals surface area contributed by atoms with Gasteiger partial charge in [-0.1, -0.05) is 6.07 Å². The molecule has 102 valence electrons. The smallest absolute Gasteiger partial charge is 0.124 e. The second-order valence-electron chi connectivity index (χ2n) is 4.23. The van der Waals surface area contributed by atoms with E-state index in [2.05, 4.69) is 5.32 Å². The minimum absolute atomic E-state index is 0.0567. The van der Waals surface area contributed by atoms with Gasteiger partial charge in [-0.25, -0.2) is 0 Å². The molecule has 18 heavy (non-hydrogen) atoms. The van der Waals surface area contributed by atoms with E-state index in [9.17, 15) is 9.32 Å². The number of aromatic hydroxyl groups is 1. The summed E-state index contributed by atoms with van der Waals surface area (Å²) in [5.41, 5.74) is 0.841. The average molecular weight is 271 g/mol. The highest BCUT2D eigenvalue weighted by Gasteiger charge is 2.10. The maximum atomic E-state index is 10.9. The summed E-state index contributed by atoms with van der Waals surface area (Å²) in [6, 6.07) is 5.34. The van der Waals surface area contributed by atoms with Crippen LogP contribution in [0.25, 0.3) is 0 Å². The van der Waals surface area contributed by atoms with Gasteiger partial charge in [-0.15, -0.1) is 0 Å². The van der Waals surface area contributed by atoms with Crippen LogP contribution in [0.2, 0.25) is 0 Å². The Labute approximate surface area is 111 Å². The van der Waals surface area contributed by atoms with Crippen LogP contribution in [-0.4, -0.2) is 35.0 Å². The summed E-state index contributed by atoms with van der Waals surface area (Å²) in [6.45, 7) is 2.77. The van der Waals surface area contributed by atoms with E-state index in [1.165, 1.54) is 0 Å². The van der Waals surface area contributed by atoms with Gasteiger partial charge >= 0.3 is 0 Å². The van der Waals surface area contributed by atoms with Crippen LogP contribution >= 0.6 is 0 Å². The van der Waals surface area contributed by atoms with Crippen molar-refractivity contribution < 1.29 is 14.1 Å². The van der Waals surface area contributed by atoms with Gasteiger partial charge in [0.25, 0.3) is 0 Å². The molecule has 0 aromatic heterocycles. The third-order valence-electron chi connectivity index (χ3n) is 2.76. The number of rotatable bonds is 7. The van der Waals surface area contributed by atoms with Crippen LogP contribution in [0.15, 0.2) is 18.2 Å². The lowest BCUT2D eigenvalue weighted by atomic mass is 10.1. The standard InChI is InChI=1S/C13H21NO3S/c1-10(14-7-4-8-18(3)16)12-6-5-11(17-2)9-13(12)15/h5-6,9-10,14-15H,4,7-8H2,1-3H3. The monoisotopic (exact) mass is 271 g/mol. The zero-order valence-corrected chi connectivity index (χ0v) is 11.9. The first-order chi connectivity index (χ1) is 8.54. The summed E-state index contributed by atoms with van der Waals surface area (Å²) < 4.78 is 16.0. The molecule has 2 unspecified atom stereocenters. The van der Waals surface area contributed by atoms with Gasteiger partial charge in [-0.2, -0.15) is 0 Å². The maximum absolute atomic E-state index is 10.9. The number of hydrogen-bond acceptors (Lipinski definition) is 4. The van der Waals surface area contributed by atoms with Gasteiger partial charge in [0.1, 0.15) is 11.5 Å². The molecular weight excluding hydrogens is 250 g/mol. The molecule has 0 saturated heterocycles. The van der Waals surface area contributed by atoms with Crippen LogP contribution in [0.3, 0.4) is 0 Å². The Hall–Kier alpha value is -1.07. The van der Waals surface area contributed by atoms with Crippen molar-refractivity contribution in [3.63, 3.8) is 0 Å². The van der Waals surface area contributed by atoms with E-state index in [1.807, 2.05) is 19.1 Å². The van der Waals surface area contributed by atoms with Gasteiger partial charge in [0.15, 0.2) is 0 Å². The Bertz CT molecular complexity index is 409. The van der Waals surface area contributed by atoms with E-state index < -0.39 is 10.8 Å². The van der Waals surface area contributed by atoms with E-state index in [0.717, 1.165) is 18.5 Å². The Morgan fingerprint density at radius 2 is 2.22 bits per heavy atom. The van der Waals surface area contributed by atoms with Crippen LogP contribution in [0.4, 0.5) is 0 Å². The van der Waals surface area contributed by atoms with E-state index in [-0.39, 0.29) is 11.8 Å². The van der Waals surface area contributed by atoms with Crippen molar-refractivity contribution in [2.75, 3.05) is 25.7 Å². The number of phenolic OH excluding ortho intramolecular Hbond substituents is 1. The number of nitrogens with one attached hydrogen (secondary N) is 1. The number of phenols is 1. The lowest BCUT2D eigenvalue weighted by molar-refractivity contribution is 0.404. The second kappa shape index (κ2) is 7.38. The molecule has 0 bridgehead atoms. The van der Waals surface area contributed by atoms with Crippen molar-refractivity contribution >= 4 is 10.8 Å². The van der Waals surface area contributed by atoms with Crippen LogP contribution in [0.5, 0.6) is 11.5 Å². The Balaban J connectivity index is 2.50. The highest BCUT2D eigenvalue weighted by atomic mass is 32.2. The van der Waals surface area contributed by atoms with E-state index in [1.54, 1.807) is 19.4 Å². The zero-order chi connectivity index (χ0) is 13.5. The van der Waals surface area contributed by atoms with Crippen molar-refractivity contribution in [1.29, 1.82) is 0 Å². The van der Waals surface area contributed by atoms with Gasteiger partial charge in [0.2, 0.25) is 0 Å². The minimum atomic E-state index is -0.739. The molecule has 1 aromatic carbocycles. The van der Waals surface area contributed by atoms with Crippen LogP contribution < -0.4 is 10.1 Å². The molecule has 0 aliphatic heterocycles. The van der Waals surface area contributed by atoms with Gasteiger partial charge in [-0.05, 0) is 26.0 Å². The predicted molar refractivity (Wildman–Crippen MR) is 74.6 cm³/mol. The number of methoxy groups -OCH3 is 1. The van der Waals surface area contributed by atoms with E-state index in [0.29, 0.717) is 11.5 Å². The van der Waals surface area contributed by atoms with Gasteiger partial charge < -0.3 is 15.2 Å². The van der Waals surface area contributed by atoms with Crippen LogP contribution in [-0.2, 0) is 10.8 Å². The predicted octanol–water partition coefficient (Wildman–Crippen LogP) is 1.82. The molecule has 5 heteroatoms. The topological polar surface area (TPSA) is 58.6 Å². The van der Waals surface area contributed by atoms with Crippen molar-refractivity contribution in [3.05, 3.63) is 23.8 Å². The van der Waals surface area contributed by atoms with Gasteiger partial charge in [0.05, 0.1) is 7.11 Å². The molecule has 0 amide bonds. The minimum Gasteiger partial charge on any atom is -0.507 e. The maximum Gasteiger partial charge on any atom is 0.124 e. The molecule has 0 radical (unpaired) electrons. The van der Waals surface area contributed by atoms with Crippen molar-refractivity contribution in [2.24, 2.45) is 0 Å². The first-order valence-electron chi connectivity index (χ1n) is 5.95. The van der Waals surface area contributed by atoms with E-state index in [4.69, 9.17) is 4.74 Å². The molecule has 0 fully saturated rings. The fourth-order valence-corrected chi connectivity index (χ4v) is 2.27. The first-order valence-corrected chi connectivity index (χ1v) is 7.67. The summed E-state index contributed by atoms with van der Waals surface area (Å²) in [6.07, 6.45) is 2.57. The largest absolute Gasteiger partial charge is 0.507 e. The highest BCUT2D eigenvalue weighted by molar-refractivity contribution is 7.84. The molecule has 2 atom stereocenters. The Morgan fingerprint density at radius 1 is 1.50 bits per heavy atom. The van der Waals surface area contributed by atoms with Crippen molar-refractivity contribution in [1.82, 2.24) is 5.32 Å². The molecule has 0 heterocycles. The number of ether oxygens (including phenoxy) is 1. The van der Waals surface area contributed by atoms with Gasteiger partial charge in [-0.3, -0.25) is 4.21 Å². The highest BCUT2D eigenvalue weighted by Crippen LogP contribution is 2.28. The van der Waals surface area contributed by atoms with Crippen LogP contribution in [0, 0.1) is 0 Å². The fourth-order valence-electron chi connectivity index (χ4n) is 1.72. The molecule has 0 spiro atoms. The summed E-state index contributed by atoms with van der Waals surface area (Å²) in [5.74, 6) is 1.58. The Kier molecular flexibility index (Phi) is 6.15. The Morgan fingerprint density at radius 3 is 2.78 bits per heavy atom. The molecule has 1 rings (SSSR count). The normalized spacial score (nSPS) is 14.2. The summed E-state index contributed by atoms with van der Waals surface area (Å²) >= 11 is 0. The second-order valence-corrected chi connectivity index (χ2v) is 5.79. The lowest BCUT2D eigenvalue weighted by Gasteiger charge is -2.16. The fraction of sp³-hybridized carbons (Fsp3) is 0.538. The number of benzene rings is 1. The third-order valence-corrected chi connectivity index (χ3v) is 3.63. The molecule has 2 N–H and O–H groups in total. The summed E-state index contributed by atoms with van der Waals surface area (Å²) in [5, 5.41) is 13.2. The molecule has 4 nitrogen and oxygen atoms in total. The van der Waals surface area contributed by atoms with Crippen molar-refractivity contribution in [3.8, 4) is 11.5 Å². The van der Waals surface area contributed by atoms with Gasteiger partial charge in [0, 0.05) is 40.5 Å². The lowest BCUT2D eigenvalue weighted by Crippen LogP contribution is -2.21. The SMILES string of the molecule is COc1ccc(C(C)NCCCS(C)=O)c(O)c1. The van der Waals surface area contributed by atoms with E-state index >= 15 is 0 Å². The third kappa shape index (κ3) is 4.66. The van der Waals surface area contributed by atoms with Crippen molar-refractivity contribution in [2.45, 2.75) is 19.4 Å². The molecule has 0 aliphatic carbocycles. The zero-order valence-electron chi connectivity index (χ0n) is 11.1. The molecule has 0 aliphatic rings. The number of hydrogen-bond donors (Lipinski definition) is 2. The van der Waals surface area contributed by atoms with Crippen LogP contribution in [0.1, 0.15) is 24.9 Å². The summed E-state index contributed by atoms with van der Waals surface area (Å²) in [4.78, 5) is 0. The summed E-state index contributed by atoms with van der Waals surface area (Å²) in [7, 11) is 0.831. The molecule has 0 saturated carbocycles. The average Bonchev–Trinajstić information content (AvgIpc) is 2.33.